The number of ketones is 1. The smallest absolute Gasteiger partial charge is 0.191 e. The number of Topliss-reactive ketones (excluding diaryl/α,β-unsaturated/α-hetero) is 1. The van der Waals surface area contributed by atoms with Gasteiger partial charge in [0.05, 0.1) is 0 Å². The van der Waals surface area contributed by atoms with Gasteiger partial charge in [-0.15, -0.1) is 0 Å². The number of benzene rings is 2. The number of aryl methyl sites for hydroxylation is 2. The van der Waals surface area contributed by atoms with Gasteiger partial charge >= 0.3 is 0 Å². The third-order valence-corrected chi connectivity index (χ3v) is 4.30. The minimum atomic E-state index is 0.133. The maximum atomic E-state index is 11.2. The Kier molecular flexibility index (Phi) is 5.26. The zero-order valence-electron chi connectivity index (χ0n) is 14.0. The predicted octanol–water partition coefficient (Wildman–Crippen LogP) is 6.15. The molecule has 2 aromatic carbocycles. The molecule has 0 atom stereocenters. The molecule has 1 heterocycles. The van der Waals surface area contributed by atoms with Gasteiger partial charge < -0.3 is 9.21 Å². The van der Waals surface area contributed by atoms with Gasteiger partial charge in [-0.25, -0.2) is 4.98 Å². The number of rotatable bonds is 5. The molecule has 0 unspecified atom stereocenters. The van der Waals surface area contributed by atoms with Crippen LogP contribution < -0.4 is 0 Å². The van der Waals surface area contributed by atoms with Gasteiger partial charge in [-0.2, -0.15) is 0 Å². The van der Waals surface area contributed by atoms with Crippen molar-refractivity contribution in [3.8, 4) is 22.4 Å². The fourth-order valence-corrected chi connectivity index (χ4v) is 3.22. The summed E-state index contributed by atoms with van der Waals surface area (Å²) >= 11 is 12.2. The van der Waals surface area contributed by atoms with E-state index in [9.17, 15) is 4.79 Å². The number of carbonyl (C=O) groups is 1. The molecule has 0 aliphatic heterocycles. The van der Waals surface area contributed by atoms with Crippen LogP contribution in [0.3, 0.4) is 0 Å². The van der Waals surface area contributed by atoms with Crippen LogP contribution in [0, 0.1) is 6.92 Å². The lowest BCUT2D eigenvalue weighted by Gasteiger charge is -2.06. The second-order valence-corrected chi connectivity index (χ2v) is 6.82. The number of nitrogens with zero attached hydrogens (tertiary/aromatic N) is 1. The standard InChI is InChI=1S/C20H17Cl2NO2/c1-12(24)3-8-19-20(23-13(2)25-19)15-6-4-14(5-7-15)16-9-17(21)11-18(22)10-16/h4-7,9-11H,3,8H2,1-2H3. The largest absolute Gasteiger partial charge is 0.445 e. The molecule has 0 saturated carbocycles. The summed E-state index contributed by atoms with van der Waals surface area (Å²) < 4.78 is 5.67. The molecule has 3 aromatic rings. The third-order valence-electron chi connectivity index (χ3n) is 3.86. The van der Waals surface area contributed by atoms with Gasteiger partial charge in [-0.3, -0.25) is 0 Å². The SMILES string of the molecule is CC(=O)CCc1oc(C)nc1-c1ccc(-c2cc(Cl)cc(Cl)c2)cc1. The lowest BCUT2D eigenvalue weighted by atomic mass is 10.0. The summed E-state index contributed by atoms with van der Waals surface area (Å²) in [4.78, 5) is 15.7. The summed E-state index contributed by atoms with van der Waals surface area (Å²) in [5.41, 5.74) is 3.71. The van der Waals surface area contributed by atoms with Gasteiger partial charge in [0.25, 0.3) is 0 Å². The molecule has 0 radical (unpaired) electrons. The number of halogens is 2. The Hall–Kier alpha value is -2.10. The molecule has 0 saturated heterocycles. The molecule has 5 heteroatoms. The van der Waals surface area contributed by atoms with E-state index in [1.165, 1.54) is 0 Å². The average molecular weight is 374 g/mol. The molecule has 0 aliphatic rings. The van der Waals surface area contributed by atoms with Crippen molar-refractivity contribution in [2.75, 3.05) is 0 Å². The first kappa shape index (κ1) is 17.7. The number of carbonyl (C=O) groups excluding carboxylic acids is 1. The highest BCUT2D eigenvalue weighted by Crippen LogP contribution is 2.30. The Morgan fingerprint density at radius 2 is 1.60 bits per heavy atom. The first-order valence-electron chi connectivity index (χ1n) is 7.95. The van der Waals surface area contributed by atoms with Crippen LogP contribution in [0.25, 0.3) is 22.4 Å². The number of oxazole rings is 1. The summed E-state index contributed by atoms with van der Waals surface area (Å²) in [6, 6.07) is 13.4. The summed E-state index contributed by atoms with van der Waals surface area (Å²) in [5.74, 6) is 1.47. The Balaban J connectivity index is 1.91. The first-order valence-corrected chi connectivity index (χ1v) is 8.70. The molecule has 128 valence electrons. The Labute approximate surface area is 156 Å². The minimum absolute atomic E-state index is 0.133. The van der Waals surface area contributed by atoms with Crippen LogP contribution in [0.1, 0.15) is 25.0 Å². The fourth-order valence-electron chi connectivity index (χ4n) is 2.69. The van der Waals surface area contributed by atoms with Gasteiger partial charge in [-0.1, -0.05) is 47.5 Å². The van der Waals surface area contributed by atoms with Gasteiger partial charge in [0.1, 0.15) is 17.2 Å². The van der Waals surface area contributed by atoms with Crippen molar-refractivity contribution in [3.63, 3.8) is 0 Å². The quantitative estimate of drug-likeness (QED) is 0.538. The van der Waals surface area contributed by atoms with E-state index in [4.69, 9.17) is 27.6 Å². The molecule has 0 bridgehead atoms. The Bertz CT molecular complexity index is 894. The van der Waals surface area contributed by atoms with Crippen LogP contribution in [0.4, 0.5) is 0 Å². The van der Waals surface area contributed by atoms with Crippen LogP contribution in [-0.4, -0.2) is 10.8 Å². The van der Waals surface area contributed by atoms with Crippen molar-refractivity contribution in [2.45, 2.75) is 26.7 Å². The van der Waals surface area contributed by atoms with Crippen molar-refractivity contribution in [1.29, 1.82) is 0 Å². The van der Waals surface area contributed by atoms with Crippen LogP contribution in [-0.2, 0) is 11.2 Å². The van der Waals surface area contributed by atoms with Gasteiger partial charge in [-0.05, 0) is 36.2 Å². The molecule has 0 N–H and O–H groups in total. The molecule has 0 spiro atoms. The van der Waals surface area contributed by atoms with Gasteiger partial charge in [0, 0.05) is 35.4 Å². The molecule has 0 aliphatic carbocycles. The second kappa shape index (κ2) is 7.42. The van der Waals surface area contributed by atoms with Gasteiger partial charge in [0.15, 0.2) is 5.89 Å². The van der Waals surface area contributed by atoms with E-state index in [0.717, 1.165) is 28.1 Å². The maximum Gasteiger partial charge on any atom is 0.191 e. The van der Waals surface area contributed by atoms with Crippen molar-refractivity contribution in [1.82, 2.24) is 4.98 Å². The molecule has 0 amide bonds. The van der Waals surface area contributed by atoms with Crippen LogP contribution in [0.5, 0.6) is 0 Å². The van der Waals surface area contributed by atoms with E-state index in [-0.39, 0.29) is 5.78 Å². The second-order valence-electron chi connectivity index (χ2n) is 5.94. The topological polar surface area (TPSA) is 43.1 Å². The van der Waals surface area contributed by atoms with E-state index in [1.807, 2.05) is 43.3 Å². The van der Waals surface area contributed by atoms with Crippen molar-refractivity contribution < 1.29 is 9.21 Å². The lowest BCUT2D eigenvalue weighted by molar-refractivity contribution is -0.117. The highest BCUT2D eigenvalue weighted by Gasteiger charge is 2.14. The fraction of sp³-hybridized carbons (Fsp3) is 0.200. The van der Waals surface area contributed by atoms with E-state index >= 15 is 0 Å². The zero-order valence-corrected chi connectivity index (χ0v) is 15.5. The van der Waals surface area contributed by atoms with Crippen molar-refractivity contribution in [2.24, 2.45) is 0 Å². The van der Waals surface area contributed by atoms with Crippen molar-refractivity contribution >= 4 is 29.0 Å². The maximum absolute atomic E-state index is 11.2. The van der Waals surface area contributed by atoms with Crippen LogP contribution in [0.2, 0.25) is 10.0 Å². The van der Waals surface area contributed by atoms with Crippen LogP contribution >= 0.6 is 23.2 Å². The molecule has 3 nitrogen and oxygen atoms in total. The van der Waals surface area contributed by atoms with E-state index in [1.54, 1.807) is 13.0 Å². The molecule has 1 aromatic heterocycles. The summed E-state index contributed by atoms with van der Waals surface area (Å²) in [7, 11) is 0. The summed E-state index contributed by atoms with van der Waals surface area (Å²) in [6.07, 6.45) is 0.998. The lowest BCUT2D eigenvalue weighted by Crippen LogP contribution is -1.94. The monoisotopic (exact) mass is 373 g/mol. The highest BCUT2D eigenvalue weighted by atomic mass is 35.5. The minimum Gasteiger partial charge on any atom is -0.445 e. The normalized spacial score (nSPS) is 10.9. The van der Waals surface area contributed by atoms with E-state index in [2.05, 4.69) is 4.98 Å². The molecular formula is C20H17Cl2NO2. The highest BCUT2D eigenvalue weighted by molar-refractivity contribution is 6.35. The molecule has 25 heavy (non-hydrogen) atoms. The number of hydrogen-bond acceptors (Lipinski definition) is 3. The van der Waals surface area contributed by atoms with E-state index in [0.29, 0.717) is 28.8 Å². The predicted molar refractivity (Wildman–Crippen MR) is 101 cm³/mol. The molecular weight excluding hydrogens is 357 g/mol. The van der Waals surface area contributed by atoms with Crippen LogP contribution in [0.15, 0.2) is 46.9 Å². The summed E-state index contributed by atoms with van der Waals surface area (Å²) in [6.45, 7) is 3.39. The first-order chi connectivity index (χ1) is 11.9. The third kappa shape index (κ3) is 4.30. The molecule has 3 rings (SSSR count). The zero-order chi connectivity index (χ0) is 18.0. The molecule has 0 fully saturated rings. The summed E-state index contributed by atoms with van der Waals surface area (Å²) in [5, 5.41) is 1.20. The Morgan fingerprint density at radius 1 is 1.00 bits per heavy atom. The van der Waals surface area contributed by atoms with E-state index < -0.39 is 0 Å². The van der Waals surface area contributed by atoms with Crippen molar-refractivity contribution in [3.05, 3.63) is 64.2 Å². The average Bonchev–Trinajstić information content (AvgIpc) is 2.93. The van der Waals surface area contributed by atoms with Gasteiger partial charge in [0.2, 0.25) is 0 Å². The number of hydrogen-bond donors (Lipinski definition) is 0. The number of aromatic nitrogens is 1. The Morgan fingerprint density at radius 3 is 2.20 bits per heavy atom.